The van der Waals surface area contributed by atoms with Crippen LogP contribution in [0.15, 0.2) is 42.5 Å². The smallest absolute Gasteiger partial charge is 0.0651 e. The van der Waals surface area contributed by atoms with Crippen molar-refractivity contribution in [2.75, 3.05) is 6.61 Å². The van der Waals surface area contributed by atoms with E-state index in [2.05, 4.69) is 42.5 Å². The second-order valence-electron chi connectivity index (χ2n) is 3.69. The van der Waals surface area contributed by atoms with Crippen molar-refractivity contribution >= 4 is 0 Å². The normalized spacial score (nSPS) is 21.0. The van der Waals surface area contributed by atoms with Crippen LogP contribution < -0.4 is 0 Å². The van der Waals surface area contributed by atoms with Crippen LogP contribution in [0.1, 0.15) is 18.4 Å². The zero-order valence-electron chi connectivity index (χ0n) is 8.36. The lowest BCUT2D eigenvalue weighted by atomic mass is 10.0. The van der Waals surface area contributed by atoms with E-state index >= 15 is 0 Å². The number of hydrogen-bond donors (Lipinski definition) is 0. The molecule has 1 aromatic rings. The second kappa shape index (κ2) is 4.97. The molecular weight excluding hydrogens is 172 g/mol. The Morgan fingerprint density at radius 1 is 1.14 bits per heavy atom. The van der Waals surface area contributed by atoms with Gasteiger partial charge in [0.2, 0.25) is 0 Å². The third-order valence-electron chi connectivity index (χ3n) is 2.59. The maximum Gasteiger partial charge on any atom is 0.0651 e. The molecule has 0 aliphatic carbocycles. The van der Waals surface area contributed by atoms with Crippen molar-refractivity contribution < 1.29 is 4.74 Å². The maximum absolute atomic E-state index is 5.61. The zero-order valence-corrected chi connectivity index (χ0v) is 8.36. The van der Waals surface area contributed by atoms with Gasteiger partial charge in [-0.2, -0.15) is 0 Å². The summed E-state index contributed by atoms with van der Waals surface area (Å²) in [5, 5.41) is 0. The lowest BCUT2D eigenvalue weighted by Crippen LogP contribution is -2.16. The molecule has 0 radical (unpaired) electrons. The Bertz CT molecular complexity index is 289. The van der Waals surface area contributed by atoms with Crippen LogP contribution in [0.5, 0.6) is 0 Å². The van der Waals surface area contributed by atoms with Crippen molar-refractivity contribution in [2.45, 2.75) is 25.4 Å². The van der Waals surface area contributed by atoms with Crippen molar-refractivity contribution in [3.05, 3.63) is 48.0 Å². The Morgan fingerprint density at radius 3 is 2.71 bits per heavy atom. The highest BCUT2D eigenvalue weighted by Crippen LogP contribution is 2.13. The Balaban J connectivity index is 1.80. The van der Waals surface area contributed by atoms with E-state index in [0.717, 1.165) is 25.9 Å². The van der Waals surface area contributed by atoms with E-state index in [1.165, 1.54) is 5.56 Å². The predicted molar refractivity (Wildman–Crippen MR) is 58.3 cm³/mol. The summed E-state index contributed by atoms with van der Waals surface area (Å²) >= 11 is 0. The molecule has 0 amide bonds. The van der Waals surface area contributed by atoms with Crippen LogP contribution in [0.4, 0.5) is 0 Å². The molecule has 0 saturated heterocycles. The third kappa shape index (κ3) is 2.71. The van der Waals surface area contributed by atoms with Gasteiger partial charge in [0, 0.05) is 0 Å². The van der Waals surface area contributed by atoms with Gasteiger partial charge in [0.1, 0.15) is 0 Å². The van der Waals surface area contributed by atoms with Crippen molar-refractivity contribution in [2.24, 2.45) is 0 Å². The molecular formula is C13H16O. The molecule has 1 nitrogen and oxygen atoms in total. The minimum atomic E-state index is 0.431. The fraction of sp³-hybridized carbons (Fsp3) is 0.385. The van der Waals surface area contributed by atoms with Crippen LogP contribution in [-0.4, -0.2) is 12.7 Å². The van der Waals surface area contributed by atoms with Crippen LogP contribution in [0.25, 0.3) is 0 Å². The molecule has 0 spiro atoms. The minimum absolute atomic E-state index is 0.431. The highest BCUT2D eigenvalue weighted by atomic mass is 16.5. The van der Waals surface area contributed by atoms with Crippen LogP contribution in [0.3, 0.4) is 0 Å². The summed E-state index contributed by atoms with van der Waals surface area (Å²) in [6, 6.07) is 10.6. The summed E-state index contributed by atoms with van der Waals surface area (Å²) in [5.41, 5.74) is 1.41. The number of hydrogen-bond acceptors (Lipinski definition) is 1. The van der Waals surface area contributed by atoms with Crippen LogP contribution >= 0.6 is 0 Å². The van der Waals surface area contributed by atoms with Gasteiger partial charge in [-0.1, -0.05) is 42.5 Å². The lowest BCUT2D eigenvalue weighted by molar-refractivity contribution is 0.0620. The van der Waals surface area contributed by atoms with E-state index in [-0.39, 0.29) is 0 Å². The van der Waals surface area contributed by atoms with Crippen molar-refractivity contribution in [1.29, 1.82) is 0 Å². The Labute approximate surface area is 85.4 Å². The van der Waals surface area contributed by atoms with Crippen LogP contribution in [0, 0.1) is 0 Å². The SMILES string of the molecule is C1=CC[C@@H](CCc2ccccc2)OC1. The summed E-state index contributed by atoms with van der Waals surface area (Å²) in [5.74, 6) is 0. The first kappa shape index (κ1) is 9.47. The van der Waals surface area contributed by atoms with Gasteiger partial charge < -0.3 is 4.74 Å². The van der Waals surface area contributed by atoms with Gasteiger partial charge in [0.25, 0.3) is 0 Å². The minimum Gasteiger partial charge on any atom is -0.374 e. The Hall–Kier alpha value is -1.08. The molecule has 2 rings (SSSR count). The largest absolute Gasteiger partial charge is 0.374 e. The summed E-state index contributed by atoms with van der Waals surface area (Å²) in [7, 11) is 0. The first-order valence-electron chi connectivity index (χ1n) is 5.25. The summed E-state index contributed by atoms with van der Waals surface area (Å²) in [6.45, 7) is 0.791. The first-order chi connectivity index (χ1) is 6.95. The molecule has 74 valence electrons. The molecule has 0 saturated carbocycles. The molecule has 1 aromatic carbocycles. The van der Waals surface area contributed by atoms with E-state index in [1.807, 2.05) is 0 Å². The number of benzene rings is 1. The first-order valence-corrected chi connectivity index (χ1v) is 5.25. The molecule has 0 N–H and O–H groups in total. The fourth-order valence-corrected chi connectivity index (χ4v) is 1.75. The van der Waals surface area contributed by atoms with Gasteiger partial charge in [-0.05, 0) is 24.8 Å². The van der Waals surface area contributed by atoms with Crippen molar-refractivity contribution in [3.8, 4) is 0 Å². The van der Waals surface area contributed by atoms with Crippen molar-refractivity contribution in [1.82, 2.24) is 0 Å². The topological polar surface area (TPSA) is 9.23 Å². The Kier molecular flexibility index (Phi) is 3.36. The molecule has 0 unspecified atom stereocenters. The van der Waals surface area contributed by atoms with E-state index < -0.39 is 0 Å². The second-order valence-corrected chi connectivity index (χ2v) is 3.69. The highest BCUT2D eigenvalue weighted by molar-refractivity contribution is 5.14. The number of rotatable bonds is 3. The van der Waals surface area contributed by atoms with E-state index in [4.69, 9.17) is 4.74 Å². The van der Waals surface area contributed by atoms with Gasteiger partial charge in [-0.15, -0.1) is 0 Å². The van der Waals surface area contributed by atoms with Gasteiger partial charge in [-0.25, -0.2) is 0 Å². The molecule has 1 heteroatoms. The van der Waals surface area contributed by atoms with E-state index in [1.54, 1.807) is 0 Å². The lowest BCUT2D eigenvalue weighted by Gasteiger charge is -2.18. The fourth-order valence-electron chi connectivity index (χ4n) is 1.75. The van der Waals surface area contributed by atoms with Gasteiger partial charge >= 0.3 is 0 Å². The summed E-state index contributed by atoms with van der Waals surface area (Å²) in [4.78, 5) is 0. The molecule has 14 heavy (non-hydrogen) atoms. The van der Waals surface area contributed by atoms with Gasteiger partial charge in [0.05, 0.1) is 12.7 Å². The van der Waals surface area contributed by atoms with E-state index in [9.17, 15) is 0 Å². The highest BCUT2D eigenvalue weighted by Gasteiger charge is 2.09. The van der Waals surface area contributed by atoms with E-state index in [0.29, 0.717) is 6.10 Å². The zero-order chi connectivity index (χ0) is 9.64. The molecule has 0 fully saturated rings. The Morgan fingerprint density at radius 2 is 2.00 bits per heavy atom. The molecule has 0 bridgehead atoms. The average molecular weight is 188 g/mol. The molecule has 1 aliphatic rings. The predicted octanol–water partition coefficient (Wildman–Crippen LogP) is 2.96. The van der Waals surface area contributed by atoms with Gasteiger partial charge in [-0.3, -0.25) is 0 Å². The van der Waals surface area contributed by atoms with Crippen LogP contribution in [0.2, 0.25) is 0 Å². The van der Waals surface area contributed by atoms with Gasteiger partial charge in [0.15, 0.2) is 0 Å². The monoisotopic (exact) mass is 188 g/mol. The summed E-state index contributed by atoms with van der Waals surface area (Å²) < 4.78 is 5.61. The molecule has 0 aromatic heterocycles. The quantitative estimate of drug-likeness (QED) is 0.663. The number of aryl methyl sites for hydroxylation is 1. The maximum atomic E-state index is 5.61. The van der Waals surface area contributed by atoms with Crippen molar-refractivity contribution in [3.63, 3.8) is 0 Å². The third-order valence-corrected chi connectivity index (χ3v) is 2.59. The molecule has 1 atom stereocenters. The molecule has 1 heterocycles. The molecule has 1 aliphatic heterocycles. The average Bonchev–Trinajstić information content (AvgIpc) is 2.29. The summed E-state index contributed by atoms with van der Waals surface area (Å²) in [6.07, 6.45) is 8.08. The standard InChI is InChI=1S/C13H16O/c1-2-6-12(7-3-1)9-10-13-8-4-5-11-14-13/h1-7,13H,8-11H2/t13-/m0/s1. The number of ether oxygens (including phenoxy) is 1. The van der Waals surface area contributed by atoms with Crippen LogP contribution in [-0.2, 0) is 11.2 Å².